The van der Waals surface area contributed by atoms with Crippen LogP contribution in [0, 0.1) is 0 Å². The molecule has 1 saturated heterocycles. The number of benzene rings is 3. The summed E-state index contributed by atoms with van der Waals surface area (Å²) in [4.78, 5) is 6.01. The third kappa shape index (κ3) is 7.49. The summed E-state index contributed by atoms with van der Waals surface area (Å²) >= 11 is 1.37. The van der Waals surface area contributed by atoms with E-state index in [1.165, 1.54) is 66.8 Å². The van der Waals surface area contributed by atoms with Crippen LogP contribution in [0.15, 0.2) is 88.0 Å². The topological polar surface area (TPSA) is 74.0 Å². The first-order valence-electron chi connectivity index (χ1n) is 11.9. The molecule has 0 aliphatic carbocycles. The minimum absolute atomic E-state index is 0.248. The number of amidine groups is 1. The van der Waals surface area contributed by atoms with Crippen molar-refractivity contribution in [3.8, 4) is 11.5 Å². The summed E-state index contributed by atoms with van der Waals surface area (Å²) in [7, 11) is 0. The van der Waals surface area contributed by atoms with Crippen molar-refractivity contribution >= 4 is 40.9 Å². The Hall–Kier alpha value is -4.24. The Morgan fingerprint density at radius 1 is 0.902 bits per heavy atom. The van der Waals surface area contributed by atoms with Gasteiger partial charge in [-0.05, 0) is 47.5 Å². The average molecular weight is 595 g/mol. The minimum Gasteiger partial charge on any atom is -0.406 e. The highest BCUT2D eigenvalue weighted by Gasteiger charge is 2.34. The molecule has 2 aliphatic rings. The number of hydrazine groups is 1. The number of anilines is 2. The van der Waals surface area contributed by atoms with Crippen molar-refractivity contribution in [1.29, 1.82) is 0 Å². The van der Waals surface area contributed by atoms with Crippen molar-refractivity contribution in [1.82, 2.24) is 5.43 Å². The van der Waals surface area contributed by atoms with E-state index in [1.807, 2.05) is 12.1 Å². The normalized spacial score (nSPS) is 18.6. The van der Waals surface area contributed by atoms with Crippen LogP contribution in [0.1, 0.15) is 17.3 Å². The number of nitrogens with one attached hydrogen (secondary N) is 1. The molecule has 0 saturated carbocycles. The van der Waals surface area contributed by atoms with Gasteiger partial charge in [0.1, 0.15) is 18.3 Å². The smallest absolute Gasteiger partial charge is 0.406 e. The first-order valence-corrected chi connectivity index (χ1v) is 12.9. The summed E-state index contributed by atoms with van der Waals surface area (Å²) in [5.41, 5.74) is 5.50. The predicted octanol–water partition coefficient (Wildman–Crippen LogP) is 6.48. The Morgan fingerprint density at radius 3 is 2.32 bits per heavy atom. The third-order valence-electron chi connectivity index (χ3n) is 5.70. The zero-order chi connectivity index (χ0) is 29.0. The van der Waals surface area contributed by atoms with Crippen molar-refractivity contribution in [2.45, 2.75) is 18.9 Å². The van der Waals surface area contributed by atoms with Gasteiger partial charge in [0.05, 0.1) is 17.6 Å². The van der Waals surface area contributed by atoms with Crippen molar-refractivity contribution in [3.05, 3.63) is 83.9 Å². The summed E-state index contributed by atoms with van der Waals surface area (Å²) in [6, 6.07) is 18.5. The summed E-state index contributed by atoms with van der Waals surface area (Å²) in [5, 5.41) is 10.3. The average Bonchev–Trinajstić information content (AvgIpc) is 3.59. The Labute approximate surface area is 233 Å². The number of para-hydroxylation sites is 2. The molecule has 15 heteroatoms. The Kier molecular flexibility index (Phi) is 8.08. The van der Waals surface area contributed by atoms with Crippen molar-refractivity contribution in [2.24, 2.45) is 15.2 Å². The van der Waals surface area contributed by atoms with Gasteiger partial charge >= 0.3 is 12.7 Å². The molecule has 0 aromatic heterocycles. The van der Waals surface area contributed by atoms with Crippen LogP contribution in [0.5, 0.6) is 11.5 Å². The van der Waals surface area contributed by atoms with E-state index < -0.39 is 18.9 Å². The highest BCUT2D eigenvalue weighted by atomic mass is 32.2. The van der Waals surface area contributed by atoms with Gasteiger partial charge in [-0.25, -0.2) is 4.99 Å². The molecule has 214 valence electrons. The van der Waals surface area contributed by atoms with Crippen LogP contribution in [0.25, 0.3) is 0 Å². The number of ether oxygens (including phenoxy) is 2. The number of hydrogen-bond donors (Lipinski definition) is 1. The summed E-state index contributed by atoms with van der Waals surface area (Å²) < 4.78 is 83.6. The van der Waals surface area contributed by atoms with E-state index in [0.717, 1.165) is 11.1 Å². The van der Waals surface area contributed by atoms with Gasteiger partial charge in [-0.3, -0.25) is 5.01 Å². The van der Waals surface area contributed by atoms with E-state index in [2.05, 4.69) is 30.1 Å². The van der Waals surface area contributed by atoms with Crippen molar-refractivity contribution < 1.29 is 35.8 Å². The molecule has 1 unspecified atom stereocenters. The molecule has 3 aromatic carbocycles. The highest BCUT2D eigenvalue weighted by molar-refractivity contribution is 8.14. The summed E-state index contributed by atoms with van der Waals surface area (Å²) in [6.07, 6.45) is -6.95. The number of halogens is 6. The van der Waals surface area contributed by atoms with Crippen LogP contribution in [0.4, 0.5) is 37.7 Å². The maximum atomic E-state index is 12.8. The molecule has 0 bridgehead atoms. The minimum atomic E-state index is -4.82. The highest BCUT2D eigenvalue weighted by Crippen LogP contribution is 2.36. The SMILES string of the molecule is FC(F)(F)Oc1ccc(N2C=NC(c3ccc(/C=N/N=C4\SCCN4c4ccccc4OC(F)(F)F)cc3)N2)cc1. The van der Waals surface area contributed by atoms with Crippen molar-refractivity contribution in [3.63, 3.8) is 0 Å². The molecule has 41 heavy (non-hydrogen) atoms. The molecule has 3 aromatic rings. The predicted molar refractivity (Wildman–Crippen MR) is 144 cm³/mol. The number of nitrogens with zero attached hydrogens (tertiary/aromatic N) is 5. The molecule has 1 fully saturated rings. The summed E-state index contributed by atoms with van der Waals surface area (Å²) in [6.45, 7) is 0.448. The maximum absolute atomic E-state index is 12.8. The van der Waals surface area contributed by atoms with Crippen LogP contribution in [-0.4, -0.2) is 42.7 Å². The van der Waals surface area contributed by atoms with E-state index in [-0.39, 0.29) is 17.2 Å². The summed E-state index contributed by atoms with van der Waals surface area (Å²) in [5.74, 6) is -0.0132. The first-order chi connectivity index (χ1) is 19.5. The molecule has 0 radical (unpaired) electrons. The van der Waals surface area contributed by atoms with Gasteiger partial charge in [-0.1, -0.05) is 48.2 Å². The van der Waals surface area contributed by atoms with Crippen LogP contribution < -0.4 is 24.8 Å². The lowest BCUT2D eigenvalue weighted by Gasteiger charge is -2.21. The second-order valence-corrected chi connectivity index (χ2v) is 9.58. The number of rotatable bonds is 7. The van der Waals surface area contributed by atoms with Crippen LogP contribution in [-0.2, 0) is 0 Å². The zero-order valence-corrected chi connectivity index (χ0v) is 21.6. The lowest BCUT2D eigenvalue weighted by atomic mass is 10.1. The Balaban J connectivity index is 1.20. The van der Waals surface area contributed by atoms with E-state index in [9.17, 15) is 26.3 Å². The standard InChI is InChI=1S/C26H20F6N6O2S/c27-25(28,29)39-20-11-9-19(10-12-20)38-16-33-23(36-38)18-7-5-17(6-8-18)15-34-35-24-37(13-14-41-24)21-3-1-2-4-22(21)40-26(30,31)32/h1-12,15-16,23,36H,13-14H2/b34-15+,35-24-. The van der Waals surface area contributed by atoms with Gasteiger partial charge < -0.3 is 14.4 Å². The molecular weight excluding hydrogens is 574 g/mol. The number of thioether (sulfide) groups is 1. The molecule has 5 rings (SSSR count). The van der Waals surface area contributed by atoms with Crippen LogP contribution in [0.2, 0.25) is 0 Å². The fourth-order valence-electron chi connectivity index (χ4n) is 3.95. The van der Waals surface area contributed by atoms with Gasteiger partial charge in [0.2, 0.25) is 0 Å². The quantitative estimate of drug-likeness (QED) is 0.192. The molecule has 1 atom stereocenters. The van der Waals surface area contributed by atoms with Crippen LogP contribution >= 0.6 is 11.8 Å². The van der Waals surface area contributed by atoms with E-state index in [0.29, 0.717) is 23.2 Å². The van der Waals surface area contributed by atoms with E-state index in [4.69, 9.17) is 0 Å². The fourth-order valence-corrected chi connectivity index (χ4v) is 4.86. The first kappa shape index (κ1) is 28.3. The molecule has 1 N–H and O–H groups in total. The van der Waals surface area contributed by atoms with Crippen molar-refractivity contribution in [2.75, 3.05) is 22.2 Å². The van der Waals surface area contributed by atoms with Gasteiger partial charge in [0.25, 0.3) is 0 Å². The fraction of sp³-hybridized carbons (Fsp3) is 0.192. The van der Waals surface area contributed by atoms with E-state index >= 15 is 0 Å². The van der Waals surface area contributed by atoms with E-state index in [1.54, 1.807) is 28.1 Å². The molecular formula is C26H20F6N6O2S. The Bertz CT molecular complexity index is 1440. The monoisotopic (exact) mass is 594 g/mol. The third-order valence-corrected chi connectivity index (χ3v) is 6.65. The second kappa shape index (κ2) is 11.7. The maximum Gasteiger partial charge on any atom is 0.573 e. The number of aliphatic imine (C=N–C) groups is 1. The van der Waals surface area contributed by atoms with Crippen LogP contribution in [0.3, 0.4) is 0 Å². The number of alkyl halides is 6. The molecule has 8 nitrogen and oxygen atoms in total. The lowest BCUT2D eigenvalue weighted by Crippen LogP contribution is -2.33. The molecule has 0 amide bonds. The Morgan fingerprint density at radius 2 is 1.61 bits per heavy atom. The second-order valence-electron chi connectivity index (χ2n) is 8.52. The molecule has 0 spiro atoms. The zero-order valence-electron chi connectivity index (χ0n) is 20.8. The van der Waals surface area contributed by atoms with Gasteiger partial charge in [-0.2, -0.15) is 10.5 Å². The lowest BCUT2D eigenvalue weighted by molar-refractivity contribution is -0.275. The molecule has 2 aliphatic heterocycles. The molecule has 2 heterocycles. The van der Waals surface area contributed by atoms with Gasteiger partial charge in [-0.15, -0.1) is 31.4 Å². The largest absolute Gasteiger partial charge is 0.573 e. The van der Waals surface area contributed by atoms with Gasteiger partial charge in [0.15, 0.2) is 10.9 Å². The number of hydrogen-bond acceptors (Lipinski definition) is 8. The van der Waals surface area contributed by atoms with Gasteiger partial charge in [0, 0.05) is 12.3 Å².